The molecule has 116 valence electrons. The van der Waals surface area contributed by atoms with Crippen molar-refractivity contribution in [1.82, 2.24) is 29.9 Å². The summed E-state index contributed by atoms with van der Waals surface area (Å²) >= 11 is 0. The Bertz CT molecular complexity index is 613. The van der Waals surface area contributed by atoms with Crippen LogP contribution in [0.1, 0.15) is 5.56 Å². The molecule has 0 amide bonds. The lowest BCUT2D eigenvalue weighted by Crippen LogP contribution is -2.31. The van der Waals surface area contributed by atoms with Crippen LogP contribution in [-0.2, 0) is 6.54 Å². The molecular formula is C15H21N7. The van der Waals surface area contributed by atoms with E-state index in [1.165, 1.54) is 18.7 Å². The Morgan fingerprint density at radius 1 is 1.14 bits per heavy atom. The Kier molecular flexibility index (Phi) is 3.49. The molecule has 2 unspecified atom stereocenters. The van der Waals surface area contributed by atoms with Crippen molar-refractivity contribution in [3.8, 4) is 0 Å². The zero-order valence-electron chi connectivity index (χ0n) is 12.8. The van der Waals surface area contributed by atoms with Gasteiger partial charge in [-0.05, 0) is 18.8 Å². The van der Waals surface area contributed by atoms with E-state index in [0.29, 0.717) is 0 Å². The maximum absolute atomic E-state index is 4.46. The number of aryl methyl sites for hydroxylation is 1. The summed E-state index contributed by atoms with van der Waals surface area (Å²) in [5, 5.41) is 7.88. The summed E-state index contributed by atoms with van der Waals surface area (Å²) in [5.74, 6) is 2.62. The van der Waals surface area contributed by atoms with Crippen molar-refractivity contribution in [2.45, 2.75) is 13.5 Å². The first-order chi connectivity index (χ1) is 10.8. The molecule has 0 saturated carbocycles. The summed E-state index contributed by atoms with van der Waals surface area (Å²) in [7, 11) is 0. The van der Waals surface area contributed by atoms with Crippen LogP contribution in [0.15, 0.2) is 24.9 Å². The van der Waals surface area contributed by atoms with Gasteiger partial charge in [0, 0.05) is 50.7 Å². The molecule has 0 aliphatic carbocycles. The fourth-order valence-corrected chi connectivity index (χ4v) is 3.77. The van der Waals surface area contributed by atoms with Crippen LogP contribution in [0, 0.1) is 18.8 Å². The van der Waals surface area contributed by atoms with Gasteiger partial charge < -0.3 is 9.80 Å². The predicted octanol–water partition coefficient (Wildman–Crippen LogP) is 0.445. The number of hydrogen-bond acceptors (Lipinski definition) is 6. The van der Waals surface area contributed by atoms with Gasteiger partial charge in [-0.15, -0.1) is 5.10 Å². The number of anilines is 1. The molecule has 7 heteroatoms. The summed E-state index contributed by atoms with van der Waals surface area (Å²) < 4.78 is 1.91. The van der Waals surface area contributed by atoms with Crippen molar-refractivity contribution in [3.05, 3.63) is 30.5 Å². The van der Waals surface area contributed by atoms with E-state index in [9.17, 15) is 0 Å². The van der Waals surface area contributed by atoms with Crippen LogP contribution in [0.5, 0.6) is 0 Å². The Morgan fingerprint density at radius 3 is 2.64 bits per heavy atom. The zero-order chi connectivity index (χ0) is 14.9. The highest BCUT2D eigenvalue weighted by molar-refractivity contribution is 5.46. The molecule has 4 heterocycles. The Hall–Kier alpha value is -2.02. The Labute approximate surface area is 130 Å². The van der Waals surface area contributed by atoms with Crippen molar-refractivity contribution in [2.24, 2.45) is 11.8 Å². The van der Waals surface area contributed by atoms with Crippen LogP contribution in [0.4, 0.5) is 5.82 Å². The van der Waals surface area contributed by atoms with Crippen LogP contribution in [0.25, 0.3) is 0 Å². The molecule has 2 aliphatic rings. The average Bonchev–Trinajstić information content (AvgIpc) is 3.21. The number of likely N-dealkylation sites (tertiary alicyclic amines) is 1. The minimum Gasteiger partial charge on any atom is -0.356 e. The number of rotatable bonds is 4. The zero-order valence-corrected chi connectivity index (χ0v) is 12.8. The third-order valence-corrected chi connectivity index (χ3v) is 4.85. The van der Waals surface area contributed by atoms with Crippen LogP contribution in [0.2, 0.25) is 0 Å². The molecule has 0 N–H and O–H groups in total. The Balaban J connectivity index is 1.34. The molecular weight excluding hydrogens is 278 g/mol. The summed E-state index contributed by atoms with van der Waals surface area (Å²) in [6.45, 7) is 8.66. The van der Waals surface area contributed by atoms with E-state index in [0.717, 1.165) is 43.8 Å². The molecule has 2 atom stereocenters. The summed E-state index contributed by atoms with van der Waals surface area (Å²) in [6, 6.07) is 0. The molecule has 0 spiro atoms. The lowest BCUT2D eigenvalue weighted by atomic mass is 10.0. The van der Waals surface area contributed by atoms with Gasteiger partial charge in [-0.2, -0.15) is 0 Å². The third-order valence-electron chi connectivity index (χ3n) is 4.85. The van der Waals surface area contributed by atoms with Gasteiger partial charge in [0.2, 0.25) is 0 Å². The quantitative estimate of drug-likeness (QED) is 0.816. The van der Waals surface area contributed by atoms with E-state index >= 15 is 0 Å². The van der Waals surface area contributed by atoms with E-state index in [-0.39, 0.29) is 0 Å². The highest BCUT2D eigenvalue weighted by atomic mass is 15.4. The predicted molar refractivity (Wildman–Crippen MR) is 82.4 cm³/mol. The second-order valence-corrected chi connectivity index (χ2v) is 6.38. The highest BCUT2D eigenvalue weighted by Gasteiger charge is 2.40. The number of aromatic nitrogens is 5. The number of hydrogen-bond donors (Lipinski definition) is 0. The smallest absolute Gasteiger partial charge is 0.134 e. The molecule has 2 saturated heterocycles. The van der Waals surface area contributed by atoms with Gasteiger partial charge in [-0.25, -0.2) is 9.97 Å². The summed E-state index contributed by atoms with van der Waals surface area (Å²) in [5.41, 5.74) is 1.17. The van der Waals surface area contributed by atoms with Crippen molar-refractivity contribution >= 4 is 5.82 Å². The SMILES string of the molecule is Cc1cncnc1N1CC2CN(CCn3ccnn3)CC2C1. The third kappa shape index (κ3) is 2.56. The minimum atomic E-state index is 0.755. The van der Waals surface area contributed by atoms with Crippen molar-refractivity contribution in [2.75, 3.05) is 37.6 Å². The van der Waals surface area contributed by atoms with Crippen LogP contribution in [0.3, 0.4) is 0 Å². The largest absolute Gasteiger partial charge is 0.356 e. The standard InChI is InChI=1S/C15H21N7/c1-12-6-16-11-17-15(12)21-9-13-7-20(8-14(13)10-21)4-5-22-3-2-18-19-22/h2-3,6,11,13-14H,4-5,7-10H2,1H3. The first kappa shape index (κ1) is 13.6. The summed E-state index contributed by atoms with van der Waals surface area (Å²) in [6.07, 6.45) is 7.22. The highest BCUT2D eigenvalue weighted by Crippen LogP contribution is 2.33. The number of nitrogens with zero attached hydrogens (tertiary/aromatic N) is 7. The second kappa shape index (κ2) is 5.64. The molecule has 0 radical (unpaired) electrons. The minimum absolute atomic E-state index is 0.755. The van der Waals surface area contributed by atoms with E-state index in [2.05, 4.69) is 37.0 Å². The maximum atomic E-state index is 4.46. The lowest BCUT2D eigenvalue weighted by molar-refractivity contribution is 0.295. The van der Waals surface area contributed by atoms with Gasteiger partial charge >= 0.3 is 0 Å². The van der Waals surface area contributed by atoms with E-state index in [1.807, 2.05) is 17.1 Å². The van der Waals surface area contributed by atoms with Gasteiger partial charge in [-0.3, -0.25) is 4.68 Å². The molecule has 2 aromatic rings. The van der Waals surface area contributed by atoms with Crippen molar-refractivity contribution in [1.29, 1.82) is 0 Å². The molecule has 4 rings (SSSR count). The van der Waals surface area contributed by atoms with Crippen LogP contribution in [-0.4, -0.2) is 62.6 Å². The number of fused-ring (bicyclic) bond motifs is 1. The second-order valence-electron chi connectivity index (χ2n) is 6.38. The van der Waals surface area contributed by atoms with E-state index < -0.39 is 0 Å². The molecule has 0 aromatic carbocycles. The topological polar surface area (TPSA) is 63.0 Å². The average molecular weight is 299 g/mol. The molecule has 2 aromatic heterocycles. The van der Waals surface area contributed by atoms with Crippen LogP contribution < -0.4 is 4.90 Å². The monoisotopic (exact) mass is 299 g/mol. The summed E-state index contributed by atoms with van der Waals surface area (Å²) in [4.78, 5) is 13.5. The van der Waals surface area contributed by atoms with Crippen molar-refractivity contribution in [3.63, 3.8) is 0 Å². The van der Waals surface area contributed by atoms with Gasteiger partial charge in [0.1, 0.15) is 12.1 Å². The van der Waals surface area contributed by atoms with E-state index in [1.54, 1.807) is 12.5 Å². The molecule has 2 aliphatic heterocycles. The van der Waals surface area contributed by atoms with Crippen LogP contribution >= 0.6 is 0 Å². The van der Waals surface area contributed by atoms with E-state index in [4.69, 9.17) is 0 Å². The fraction of sp³-hybridized carbons (Fsp3) is 0.600. The molecule has 7 nitrogen and oxygen atoms in total. The first-order valence-corrected chi connectivity index (χ1v) is 7.87. The maximum Gasteiger partial charge on any atom is 0.134 e. The fourth-order valence-electron chi connectivity index (χ4n) is 3.77. The molecule has 2 fully saturated rings. The van der Waals surface area contributed by atoms with Gasteiger partial charge in [-0.1, -0.05) is 5.21 Å². The Morgan fingerprint density at radius 2 is 1.95 bits per heavy atom. The lowest BCUT2D eigenvalue weighted by Gasteiger charge is -2.23. The molecule has 22 heavy (non-hydrogen) atoms. The van der Waals surface area contributed by atoms with Gasteiger partial charge in [0.05, 0.1) is 12.7 Å². The van der Waals surface area contributed by atoms with Gasteiger partial charge in [0.15, 0.2) is 0 Å². The first-order valence-electron chi connectivity index (χ1n) is 7.87. The van der Waals surface area contributed by atoms with Gasteiger partial charge in [0.25, 0.3) is 0 Å². The normalized spacial score (nSPS) is 24.9. The molecule has 0 bridgehead atoms. The van der Waals surface area contributed by atoms with Crippen molar-refractivity contribution < 1.29 is 0 Å².